The summed E-state index contributed by atoms with van der Waals surface area (Å²) in [5.74, 6) is 0.991. The lowest BCUT2D eigenvalue weighted by atomic mass is 9.93. The van der Waals surface area contributed by atoms with Crippen molar-refractivity contribution in [1.29, 1.82) is 0 Å². The number of nitrogens with one attached hydrogen (secondary N) is 2. The fourth-order valence-corrected chi connectivity index (χ4v) is 3.21. The van der Waals surface area contributed by atoms with Crippen LogP contribution in [0.4, 0.5) is 0 Å². The predicted molar refractivity (Wildman–Crippen MR) is 73.5 cm³/mol. The Morgan fingerprint density at radius 1 is 1.06 bits per heavy atom. The molecule has 2 rings (SSSR count). The molecule has 0 bridgehead atoms. The summed E-state index contributed by atoms with van der Waals surface area (Å²) in [4.78, 5) is 14.6. The van der Waals surface area contributed by atoms with Gasteiger partial charge in [-0.25, -0.2) is 0 Å². The molecule has 2 aliphatic rings. The van der Waals surface area contributed by atoms with E-state index in [4.69, 9.17) is 0 Å². The van der Waals surface area contributed by atoms with Crippen LogP contribution in [0.1, 0.15) is 39.0 Å². The van der Waals surface area contributed by atoms with E-state index in [-0.39, 0.29) is 0 Å². The van der Waals surface area contributed by atoms with E-state index in [9.17, 15) is 4.79 Å². The first-order valence-corrected chi connectivity index (χ1v) is 7.52. The third-order valence-corrected chi connectivity index (χ3v) is 4.33. The molecule has 2 fully saturated rings. The van der Waals surface area contributed by atoms with Crippen molar-refractivity contribution in [2.24, 2.45) is 5.92 Å². The highest BCUT2D eigenvalue weighted by molar-refractivity contribution is 5.76. The summed E-state index contributed by atoms with van der Waals surface area (Å²) in [6.45, 7) is 7.26. The number of hydrogen-bond acceptors (Lipinski definition) is 3. The largest absolute Gasteiger partial charge is 0.340 e. The van der Waals surface area contributed by atoms with Gasteiger partial charge in [0.05, 0.1) is 0 Å². The van der Waals surface area contributed by atoms with Gasteiger partial charge in [-0.15, -0.1) is 0 Å². The molecule has 18 heavy (non-hydrogen) atoms. The van der Waals surface area contributed by atoms with Crippen LogP contribution in [0.15, 0.2) is 0 Å². The first kappa shape index (κ1) is 13.8. The highest BCUT2D eigenvalue weighted by atomic mass is 16.2. The number of nitrogens with zero attached hydrogens (tertiary/aromatic N) is 1. The van der Waals surface area contributed by atoms with Gasteiger partial charge in [0, 0.05) is 19.0 Å². The molecule has 0 aliphatic carbocycles. The highest BCUT2D eigenvalue weighted by Gasteiger charge is 2.26. The van der Waals surface area contributed by atoms with E-state index in [0.29, 0.717) is 17.9 Å². The van der Waals surface area contributed by atoms with Crippen LogP contribution in [0.3, 0.4) is 0 Å². The van der Waals surface area contributed by atoms with Gasteiger partial charge in [0.15, 0.2) is 0 Å². The molecule has 0 aromatic heterocycles. The maximum Gasteiger partial charge on any atom is 0.223 e. The molecule has 2 heterocycles. The van der Waals surface area contributed by atoms with Gasteiger partial charge in [0.2, 0.25) is 5.91 Å². The molecule has 104 valence electrons. The van der Waals surface area contributed by atoms with Crippen LogP contribution in [-0.4, -0.2) is 49.6 Å². The van der Waals surface area contributed by atoms with Gasteiger partial charge < -0.3 is 15.5 Å². The van der Waals surface area contributed by atoms with Gasteiger partial charge >= 0.3 is 0 Å². The topological polar surface area (TPSA) is 44.4 Å². The van der Waals surface area contributed by atoms with E-state index >= 15 is 0 Å². The quantitative estimate of drug-likeness (QED) is 0.785. The van der Waals surface area contributed by atoms with Crippen LogP contribution in [0.25, 0.3) is 0 Å². The maximum absolute atomic E-state index is 12.4. The average molecular weight is 253 g/mol. The minimum atomic E-state index is 0.385. The van der Waals surface area contributed by atoms with E-state index in [1.54, 1.807) is 0 Å². The maximum atomic E-state index is 12.4. The van der Waals surface area contributed by atoms with E-state index < -0.39 is 0 Å². The van der Waals surface area contributed by atoms with Crippen molar-refractivity contribution in [3.8, 4) is 0 Å². The number of carbonyl (C=O) groups is 1. The average Bonchev–Trinajstić information content (AvgIpc) is 2.42. The van der Waals surface area contributed by atoms with E-state index in [1.165, 1.54) is 0 Å². The fourth-order valence-electron chi connectivity index (χ4n) is 3.21. The summed E-state index contributed by atoms with van der Waals surface area (Å²) in [6, 6.07) is 0.477. The Morgan fingerprint density at radius 2 is 1.61 bits per heavy atom. The molecule has 4 heteroatoms. The van der Waals surface area contributed by atoms with Crippen LogP contribution < -0.4 is 10.6 Å². The zero-order chi connectivity index (χ0) is 12.8. The molecule has 0 spiro atoms. The van der Waals surface area contributed by atoms with Crippen molar-refractivity contribution in [1.82, 2.24) is 15.5 Å². The summed E-state index contributed by atoms with van der Waals surface area (Å²) in [5, 5.41) is 6.73. The van der Waals surface area contributed by atoms with Gasteiger partial charge in [-0.2, -0.15) is 0 Å². The second-order valence-electron chi connectivity index (χ2n) is 5.56. The number of hydrogen-bond donors (Lipinski definition) is 2. The van der Waals surface area contributed by atoms with Gasteiger partial charge in [-0.05, 0) is 64.7 Å². The first-order valence-electron chi connectivity index (χ1n) is 7.52. The third kappa shape index (κ3) is 3.69. The van der Waals surface area contributed by atoms with Crippen LogP contribution in [0, 0.1) is 5.92 Å². The van der Waals surface area contributed by atoms with Gasteiger partial charge in [-0.1, -0.05) is 0 Å². The monoisotopic (exact) mass is 253 g/mol. The predicted octanol–water partition coefficient (Wildman–Crippen LogP) is 0.977. The molecule has 0 radical (unpaired) electrons. The summed E-state index contributed by atoms with van der Waals surface area (Å²) in [6.07, 6.45) is 5.32. The van der Waals surface area contributed by atoms with Gasteiger partial charge in [0.1, 0.15) is 0 Å². The Labute approximate surface area is 110 Å². The Balaban J connectivity index is 1.83. The lowest BCUT2D eigenvalue weighted by Crippen LogP contribution is -2.46. The third-order valence-electron chi connectivity index (χ3n) is 4.33. The lowest BCUT2D eigenvalue weighted by Gasteiger charge is -2.35. The van der Waals surface area contributed by atoms with Crippen molar-refractivity contribution in [3.63, 3.8) is 0 Å². The van der Waals surface area contributed by atoms with Crippen molar-refractivity contribution >= 4 is 5.91 Å². The van der Waals surface area contributed by atoms with Crippen molar-refractivity contribution in [3.05, 3.63) is 0 Å². The summed E-state index contributed by atoms with van der Waals surface area (Å²) >= 11 is 0. The van der Waals surface area contributed by atoms with Gasteiger partial charge in [-0.3, -0.25) is 4.79 Å². The van der Waals surface area contributed by atoms with E-state index in [1.807, 2.05) is 0 Å². The standard InChI is InChI=1S/C14H27N3O/c1-2-17(13-5-9-16-10-6-13)14(18)11-12-3-7-15-8-4-12/h12-13,15-16H,2-11H2,1H3. The lowest BCUT2D eigenvalue weighted by molar-refractivity contribution is -0.135. The van der Waals surface area contributed by atoms with E-state index in [0.717, 1.165) is 64.8 Å². The minimum absolute atomic E-state index is 0.385. The van der Waals surface area contributed by atoms with Crippen LogP contribution in [-0.2, 0) is 4.79 Å². The SMILES string of the molecule is CCN(C(=O)CC1CCNCC1)C1CCNCC1. The Bertz CT molecular complexity index is 258. The summed E-state index contributed by atoms with van der Waals surface area (Å²) in [5.41, 5.74) is 0. The molecular formula is C14H27N3O. The van der Waals surface area contributed by atoms with E-state index in [2.05, 4.69) is 22.5 Å². The van der Waals surface area contributed by atoms with Crippen LogP contribution in [0.2, 0.25) is 0 Å². The smallest absolute Gasteiger partial charge is 0.223 e. The number of amides is 1. The number of piperidine rings is 2. The molecule has 0 aromatic carbocycles. The normalized spacial score (nSPS) is 22.9. The molecule has 2 aliphatic heterocycles. The number of carbonyl (C=O) groups excluding carboxylic acids is 1. The number of rotatable bonds is 4. The fraction of sp³-hybridized carbons (Fsp3) is 0.929. The Morgan fingerprint density at radius 3 is 2.17 bits per heavy atom. The summed E-state index contributed by atoms with van der Waals surface area (Å²) in [7, 11) is 0. The molecule has 2 N–H and O–H groups in total. The molecule has 4 nitrogen and oxygen atoms in total. The van der Waals surface area contributed by atoms with Crippen molar-refractivity contribution in [2.75, 3.05) is 32.7 Å². The molecule has 0 atom stereocenters. The van der Waals surface area contributed by atoms with Crippen LogP contribution in [0.5, 0.6) is 0 Å². The van der Waals surface area contributed by atoms with Gasteiger partial charge in [0.25, 0.3) is 0 Å². The molecule has 2 saturated heterocycles. The molecule has 0 aromatic rings. The minimum Gasteiger partial charge on any atom is -0.340 e. The van der Waals surface area contributed by atoms with Crippen LogP contribution >= 0.6 is 0 Å². The zero-order valence-electron chi connectivity index (χ0n) is 11.6. The van der Waals surface area contributed by atoms with Crippen molar-refractivity contribution in [2.45, 2.75) is 45.1 Å². The molecular weight excluding hydrogens is 226 g/mol. The Kier molecular flexibility index (Phi) is 5.45. The second-order valence-corrected chi connectivity index (χ2v) is 5.56. The molecule has 1 amide bonds. The zero-order valence-corrected chi connectivity index (χ0v) is 11.6. The highest BCUT2D eigenvalue weighted by Crippen LogP contribution is 2.20. The Hall–Kier alpha value is -0.610. The molecule has 0 unspecified atom stereocenters. The summed E-state index contributed by atoms with van der Waals surface area (Å²) < 4.78 is 0. The van der Waals surface area contributed by atoms with Crippen molar-refractivity contribution < 1.29 is 4.79 Å². The first-order chi connectivity index (χ1) is 8.81. The second kappa shape index (κ2) is 7.10. The molecule has 0 saturated carbocycles.